The number of hydrogen-bond donors (Lipinski definition) is 1. The molecule has 1 rings (SSSR count). The zero-order valence-electron chi connectivity index (χ0n) is 13.9. The number of sulfonamides is 1. The fourth-order valence-electron chi connectivity index (χ4n) is 2.38. The van der Waals surface area contributed by atoms with E-state index in [9.17, 15) is 8.42 Å². The van der Waals surface area contributed by atoms with Crippen LogP contribution in [0.1, 0.15) is 45.7 Å². The summed E-state index contributed by atoms with van der Waals surface area (Å²) < 4.78 is 29.1. The second kappa shape index (κ2) is 7.96. The SMILES string of the molecule is CCCCCN(C(C)C)S(=O)(=O)c1cc(CNC)n(C)c1. The summed E-state index contributed by atoms with van der Waals surface area (Å²) >= 11 is 0. The molecule has 1 heterocycles. The van der Waals surface area contributed by atoms with Crippen molar-refractivity contribution in [3.63, 3.8) is 0 Å². The molecule has 1 N–H and O–H groups in total. The first-order valence-electron chi connectivity index (χ1n) is 7.66. The summed E-state index contributed by atoms with van der Waals surface area (Å²) in [5.41, 5.74) is 0.966. The molecule has 0 aliphatic rings. The molecule has 0 saturated carbocycles. The van der Waals surface area contributed by atoms with E-state index in [1.165, 1.54) is 0 Å². The van der Waals surface area contributed by atoms with Crippen LogP contribution in [0.2, 0.25) is 0 Å². The normalized spacial score (nSPS) is 12.5. The first-order chi connectivity index (χ1) is 9.84. The fourth-order valence-corrected chi connectivity index (χ4v) is 4.16. The molecule has 21 heavy (non-hydrogen) atoms. The maximum atomic E-state index is 12.8. The van der Waals surface area contributed by atoms with Crippen molar-refractivity contribution in [2.45, 2.75) is 57.5 Å². The fraction of sp³-hybridized carbons (Fsp3) is 0.733. The van der Waals surface area contributed by atoms with Gasteiger partial charge in [0.15, 0.2) is 0 Å². The molecule has 0 unspecified atom stereocenters. The molecule has 0 atom stereocenters. The second-order valence-corrected chi connectivity index (χ2v) is 7.62. The second-order valence-electron chi connectivity index (χ2n) is 5.72. The predicted molar refractivity (Wildman–Crippen MR) is 86.7 cm³/mol. The van der Waals surface area contributed by atoms with Crippen molar-refractivity contribution in [2.75, 3.05) is 13.6 Å². The summed E-state index contributed by atoms with van der Waals surface area (Å²) in [6.07, 6.45) is 4.75. The molecule has 5 nitrogen and oxygen atoms in total. The van der Waals surface area contributed by atoms with Crippen molar-refractivity contribution >= 4 is 10.0 Å². The molecule has 122 valence electrons. The average molecular weight is 315 g/mol. The Kier molecular flexibility index (Phi) is 6.90. The van der Waals surface area contributed by atoms with Crippen LogP contribution in [0.15, 0.2) is 17.2 Å². The minimum atomic E-state index is -3.42. The molecule has 0 radical (unpaired) electrons. The van der Waals surface area contributed by atoms with Crippen LogP contribution >= 0.6 is 0 Å². The third-order valence-electron chi connectivity index (χ3n) is 3.61. The smallest absolute Gasteiger partial charge is 0.244 e. The highest BCUT2D eigenvalue weighted by Gasteiger charge is 2.27. The Balaban J connectivity index is 3.02. The maximum Gasteiger partial charge on any atom is 0.244 e. The van der Waals surface area contributed by atoms with Gasteiger partial charge in [-0.3, -0.25) is 0 Å². The number of aryl methyl sites for hydroxylation is 1. The Bertz CT molecular complexity index is 535. The minimum absolute atomic E-state index is 0.0280. The minimum Gasteiger partial charge on any atom is -0.352 e. The first kappa shape index (κ1) is 18.2. The number of hydrogen-bond acceptors (Lipinski definition) is 3. The quantitative estimate of drug-likeness (QED) is 0.712. The van der Waals surface area contributed by atoms with Crippen LogP contribution in [0, 0.1) is 0 Å². The topological polar surface area (TPSA) is 54.3 Å². The van der Waals surface area contributed by atoms with Gasteiger partial charge < -0.3 is 9.88 Å². The number of nitrogens with one attached hydrogen (secondary N) is 1. The van der Waals surface area contributed by atoms with Gasteiger partial charge in [-0.15, -0.1) is 0 Å². The van der Waals surface area contributed by atoms with Crippen LogP contribution in [-0.4, -0.2) is 36.9 Å². The van der Waals surface area contributed by atoms with Gasteiger partial charge in [0.05, 0.1) is 0 Å². The summed E-state index contributed by atoms with van der Waals surface area (Å²) in [5, 5.41) is 3.05. The van der Waals surface area contributed by atoms with Gasteiger partial charge in [0, 0.05) is 38.1 Å². The van der Waals surface area contributed by atoms with Crippen molar-refractivity contribution < 1.29 is 8.42 Å². The number of rotatable bonds is 9. The van der Waals surface area contributed by atoms with E-state index in [1.807, 2.05) is 32.5 Å². The predicted octanol–water partition coefficient (Wildman–Crippen LogP) is 2.33. The van der Waals surface area contributed by atoms with Crippen LogP contribution in [0.4, 0.5) is 0 Å². The molecule has 0 aromatic carbocycles. The first-order valence-corrected chi connectivity index (χ1v) is 9.10. The Morgan fingerprint density at radius 2 is 2.00 bits per heavy atom. The lowest BCUT2D eigenvalue weighted by Gasteiger charge is -2.25. The average Bonchev–Trinajstić information content (AvgIpc) is 2.77. The molecular weight excluding hydrogens is 286 g/mol. The summed E-state index contributed by atoms with van der Waals surface area (Å²) in [6.45, 7) is 7.23. The highest BCUT2D eigenvalue weighted by atomic mass is 32.2. The Morgan fingerprint density at radius 3 is 2.52 bits per heavy atom. The van der Waals surface area contributed by atoms with Gasteiger partial charge in [-0.05, 0) is 33.4 Å². The molecule has 0 saturated heterocycles. The van der Waals surface area contributed by atoms with Crippen molar-refractivity contribution in [3.8, 4) is 0 Å². The monoisotopic (exact) mass is 315 g/mol. The molecule has 0 fully saturated rings. The molecule has 0 amide bonds. The van der Waals surface area contributed by atoms with Gasteiger partial charge >= 0.3 is 0 Å². The molecular formula is C15H29N3O2S. The lowest BCUT2D eigenvalue weighted by atomic mass is 10.2. The number of aromatic nitrogens is 1. The zero-order valence-corrected chi connectivity index (χ0v) is 14.7. The summed E-state index contributed by atoms with van der Waals surface area (Å²) in [7, 11) is 0.315. The van der Waals surface area contributed by atoms with E-state index < -0.39 is 10.0 Å². The Hall–Kier alpha value is -0.850. The molecule has 6 heteroatoms. The van der Waals surface area contributed by atoms with Crippen molar-refractivity contribution in [1.29, 1.82) is 0 Å². The summed E-state index contributed by atoms with van der Waals surface area (Å²) in [4.78, 5) is 0.389. The molecule has 1 aromatic rings. The lowest BCUT2D eigenvalue weighted by Crippen LogP contribution is -2.37. The molecule has 0 aliphatic heterocycles. The van der Waals surface area contributed by atoms with E-state index in [1.54, 1.807) is 16.6 Å². The zero-order chi connectivity index (χ0) is 16.0. The highest BCUT2D eigenvalue weighted by molar-refractivity contribution is 7.89. The molecule has 0 aliphatic carbocycles. The van der Waals surface area contributed by atoms with Crippen LogP contribution < -0.4 is 5.32 Å². The van der Waals surface area contributed by atoms with E-state index in [-0.39, 0.29) is 6.04 Å². The third kappa shape index (κ3) is 4.56. The van der Waals surface area contributed by atoms with E-state index >= 15 is 0 Å². The van der Waals surface area contributed by atoms with Gasteiger partial charge in [0.25, 0.3) is 0 Å². The van der Waals surface area contributed by atoms with Crippen LogP contribution in [0.3, 0.4) is 0 Å². The van der Waals surface area contributed by atoms with Crippen molar-refractivity contribution in [3.05, 3.63) is 18.0 Å². The van der Waals surface area contributed by atoms with Gasteiger partial charge in [0.2, 0.25) is 10.0 Å². The van der Waals surface area contributed by atoms with Gasteiger partial charge in [-0.2, -0.15) is 4.31 Å². The third-order valence-corrected chi connectivity index (χ3v) is 5.65. The standard InChI is InChI=1S/C15H29N3O2S/c1-6-7-8-9-18(13(2)3)21(19,20)15-10-14(11-16-4)17(5)12-15/h10,12-13,16H,6-9,11H2,1-5H3. The number of nitrogens with zero attached hydrogens (tertiary/aromatic N) is 2. The largest absolute Gasteiger partial charge is 0.352 e. The maximum absolute atomic E-state index is 12.8. The molecule has 1 aromatic heterocycles. The number of unbranched alkanes of at least 4 members (excludes halogenated alkanes) is 2. The Morgan fingerprint density at radius 1 is 1.33 bits per heavy atom. The van der Waals surface area contributed by atoms with Gasteiger partial charge in [-0.25, -0.2) is 8.42 Å². The van der Waals surface area contributed by atoms with E-state index in [4.69, 9.17) is 0 Å². The summed E-state index contributed by atoms with van der Waals surface area (Å²) in [6, 6.07) is 1.74. The van der Waals surface area contributed by atoms with Crippen LogP contribution in [0.25, 0.3) is 0 Å². The highest BCUT2D eigenvalue weighted by Crippen LogP contribution is 2.21. The van der Waals surface area contributed by atoms with E-state index in [0.29, 0.717) is 18.0 Å². The van der Waals surface area contributed by atoms with Crippen molar-refractivity contribution in [1.82, 2.24) is 14.2 Å². The van der Waals surface area contributed by atoms with Crippen LogP contribution in [0.5, 0.6) is 0 Å². The van der Waals surface area contributed by atoms with Crippen LogP contribution in [-0.2, 0) is 23.6 Å². The molecule has 0 bridgehead atoms. The van der Waals surface area contributed by atoms with Gasteiger partial charge in [-0.1, -0.05) is 19.8 Å². The van der Waals surface area contributed by atoms with Crippen molar-refractivity contribution in [2.24, 2.45) is 7.05 Å². The Labute approximate surface area is 129 Å². The lowest BCUT2D eigenvalue weighted by molar-refractivity contribution is 0.345. The molecule has 0 spiro atoms. The van der Waals surface area contributed by atoms with E-state index in [2.05, 4.69) is 12.2 Å². The van der Waals surface area contributed by atoms with E-state index in [0.717, 1.165) is 25.0 Å². The van der Waals surface area contributed by atoms with Gasteiger partial charge in [0.1, 0.15) is 4.90 Å². The summed E-state index contributed by atoms with van der Waals surface area (Å²) in [5.74, 6) is 0.